The Labute approximate surface area is 192 Å². The first kappa shape index (κ1) is 21.3. The molecule has 2 fully saturated rings. The van der Waals surface area contributed by atoms with E-state index >= 15 is 0 Å². The van der Waals surface area contributed by atoms with Crippen molar-refractivity contribution in [1.29, 1.82) is 0 Å². The highest BCUT2D eigenvalue weighted by molar-refractivity contribution is 8.15. The van der Waals surface area contributed by atoms with Crippen molar-refractivity contribution in [3.05, 3.63) is 59.7 Å². The largest absolute Gasteiger partial charge is 0.368 e. The van der Waals surface area contributed by atoms with Crippen LogP contribution in [-0.2, 0) is 9.84 Å². The fraction of sp³-hybridized carbons (Fsp3) is 0.391. The van der Waals surface area contributed by atoms with Crippen LogP contribution in [0.1, 0.15) is 15.9 Å². The number of anilines is 2. The summed E-state index contributed by atoms with van der Waals surface area (Å²) in [5.74, 6) is 0.343. The van der Waals surface area contributed by atoms with Crippen LogP contribution in [0.3, 0.4) is 0 Å². The van der Waals surface area contributed by atoms with E-state index in [1.807, 2.05) is 48.2 Å². The van der Waals surface area contributed by atoms with Crippen LogP contribution < -0.4 is 10.2 Å². The number of para-hydroxylation sites is 1. The van der Waals surface area contributed by atoms with Gasteiger partial charge in [-0.25, -0.2) is 8.42 Å². The molecular formula is C23H26N4O3S2. The van der Waals surface area contributed by atoms with Crippen LogP contribution in [0, 0.1) is 6.92 Å². The van der Waals surface area contributed by atoms with Crippen LogP contribution in [0.4, 0.5) is 11.4 Å². The molecule has 0 bridgehead atoms. The predicted octanol–water partition coefficient (Wildman–Crippen LogP) is 2.64. The second-order valence-electron chi connectivity index (χ2n) is 8.50. The van der Waals surface area contributed by atoms with E-state index in [0.29, 0.717) is 18.7 Å². The van der Waals surface area contributed by atoms with Crippen molar-refractivity contribution in [3.8, 4) is 0 Å². The molecule has 9 heteroatoms. The minimum atomic E-state index is -2.97. The van der Waals surface area contributed by atoms with Gasteiger partial charge in [0.15, 0.2) is 15.0 Å². The molecule has 2 unspecified atom stereocenters. The first-order chi connectivity index (χ1) is 15.4. The topological polar surface area (TPSA) is 82.1 Å². The van der Waals surface area contributed by atoms with Crippen molar-refractivity contribution in [2.45, 2.75) is 18.2 Å². The zero-order chi connectivity index (χ0) is 22.3. The number of amides is 1. The third-order valence-electron chi connectivity index (χ3n) is 6.23. The number of piperazine rings is 1. The molecular weight excluding hydrogens is 444 g/mol. The Morgan fingerprint density at radius 1 is 1.06 bits per heavy atom. The van der Waals surface area contributed by atoms with Crippen LogP contribution >= 0.6 is 11.8 Å². The second-order valence-corrected chi connectivity index (χ2v) is 11.9. The van der Waals surface area contributed by atoms with Crippen molar-refractivity contribution in [1.82, 2.24) is 4.90 Å². The van der Waals surface area contributed by atoms with Crippen LogP contribution in [0.15, 0.2) is 53.5 Å². The second kappa shape index (κ2) is 8.44. The number of benzene rings is 2. The van der Waals surface area contributed by atoms with E-state index in [1.54, 1.807) is 0 Å². The van der Waals surface area contributed by atoms with Gasteiger partial charge < -0.3 is 15.1 Å². The number of hydrogen-bond donors (Lipinski definition) is 1. The van der Waals surface area contributed by atoms with E-state index < -0.39 is 9.84 Å². The Hall–Kier alpha value is -2.52. The Morgan fingerprint density at radius 3 is 2.53 bits per heavy atom. The third kappa shape index (κ3) is 4.36. The molecule has 3 aliphatic rings. The maximum atomic E-state index is 13.2. The fourth-order valence-corrected chi connectivity index (χ4v) is 8.08. The molecule has 1 amide bonds. The summed E-state index contributed by atoms with van der Waals surface area (Å²) < 4.78 is 23.6. The summed E-state index contributed by atoms with van der Waals surface area (Å²) in [7, 11) is -2.97. The fourth-order valence-electron chi connectivity index (χ4n) is 4.41. The summed E-state index contributed by atoms with van der Waals surface area (Å²) in [6.45, 7) is 4.98. The smallest absolute Gasteiger partial charge is 0.254 e. The van der Waals surface area contributed by atoms with Crippen LogP contribution in [-0.4, -0.2) is 73.4 Å². The van der Waals surface area contributed by atoms with Crippen molar-refractivity contribution < 1.29 is 13.2 Å². The molecule has 32 heavy (non-hydrogen) atoms. The first-order valence-corrected chi connectivity index (χ1v) is 13.5. The van der Waals surface area contributed by atoms with Gasteiger partial charge in [0.25, 0.3) is 5.91 Å². The average Bonchev–Trinajstić information content (AvgIpc) is 3.28. The molecule has 0 saturated carbocycles. The van der Waals surface area contributed by atoms with Crippen molar-refractivity contribution in [3.63, 3.8) is 0 Å². The summed E-state index contributed by atoms with van der Waals surface area (Å²) in [5.41, 5.74) is 3.70. The molecule has 0 aliphatic carbocycles. The summed E-state index contributed by atoms with van der Waals surface area (Å²) >= 11 is 1.49. The number of aryl methyl sites for hydroxylation is 1. The van der Waals surface area contributed by atoms with Crippen molar-refractivity contribution >= 4 is 44.0 Å². The lowest BCUT2D eigenvalue weighted by Gasteiger charge is -2.36. The van der Waals surface area contributed by atoms with Crippen LogP contribution in [0.2, 0.25) is 0 Å². The highest BCUT2D eigenvalue weighted by Gasteiger charge is 2.42. The minimum absolute atomic E-state index is 0.00599. The van der Waals surface area contributed by atoms with Gasteiger partial charge in [-0.2, -0.15) is 0 Å². The summed E-state index contributed by atoms with van der Waals surface area (Å²) in [6, 6.07) is 15.8. The normalized spacial score (nSPS) is 24.2. The lowest BCUT2D eigenvalue weighted by Crippen LogP contribution is -2.48. The molecule has 3 aliphatic heterocycles. The maximum Gasteiger partial charge on any atom is 0.254 e. The van der Waals surface area contributed by atoms with E-state index in [1.165, 1.54) is 17.4 Å². The van der Waals surface area contributed by atoms with Crippen LogP contribution in [0.5, 0.6) is 0 Å². The number of fused-ring (bicyclic) bond motifs is 1. The van der Waals surface area contributed by atoms with E-state index in [-0.39, 0.29) is 28.7 Å². The molecule has 2 atom stereocenters. The van der Waals surface area contributed by atoms with Gasteiger partial charge in [-0.05, 0) is 36.8 Å². The Balaban J connectivity index is 1.25. The summed E-state index contributed by atoms with van der Waals surface area (Å²) in [5, 5.41) is 4.06. The lowest BCUT2D eigenvalue weighted by molar-refractivity contribution is 0.0747. The van der Waals surface area contributed by atoms with Crippen molar-refractivity contribution in [2.24, 2.45) is 4.99 Å². The molecule has 0 spiro atoms. The molecule has 0 radical (unpaired) electrons. The van der Waals surface area contributed by atoms with E-state index in [2.05, 4.69) is 27.3 Å². The molecule has 7 nitrogen and oxygen atoms in total. The lowest BCUT2D eigenvalue weighted by atomic mass is 10.1. The number of nitrogens with one attached hydrogen (secondary N) is 1. The summed E-state index contributed by atoms with van der Waals surface area (Å²) in [4.78, 5) is 21.9. The number of carbonyl (C=O) groups excluding carboxylic acids is 1. The van der Waals surface area contributed by atoms with Gasteiger partial charge in [0, 0.05) is 48.4 Å². The molecule has 168 valence electrons. The minimum Gasteiger partial charge on any atom is -0.368 e. The standard InChI is InChI=1S/C23H26N4O3S2/c1-16-7-8-17(13-19(16)24-23-25-20-14-32(29,30)15-21(20)31-23)22(28)27-11-9-26(10-12-27)18-5-3-2-4-6-18/h2-8,13,20-21H,9-12,14-15H2,1H3,(H,24,25). The summed E-state index contributed by atoms with van der Waals surface area (Å²) in [6.07, 6.45) is 0. The molecule has 2 saturated heterocycles. The number of amidine groups is 1. The Kier molecular flexibility index (Phi) is 5.63. The average molecular weight is 471 g/mol. The number of hydrogen-bond acceptors (Lipinski definition) is 7. The number of carbonyl (C=O) groups is 1. The number of sulfone groups is 1. The Morgan fingerprint density at radius 2 is 1.81 bits per heavy atom. The first-order valence-electron chi connectivity index (χ1n) is 10.8. The number of aliphatic imine (C=N–C) groups is 1. The molecule has 1 N–H and O–H groups in total. The quantitative estimate of drug-likeness (QED) is 0.743. The SMILES string of the molecule is Cc1ccc(C(=O)N2CCN(c3ccccc3)CC2)cc1NC1=NC2CS(=O)(=O)CC2S1. The predicted molar refractivity (Wildman–Crippen MR) is 131 cm³/mol. The highest BCUT2D eigenvalue weighted by Crippen LogP contribution is 2.35. The van der Waals surface area contributed by atoms with Gasteiger partial charge in [-0.1, -0.05) is 36.0 Å². The van der Waals surface area contributed by atoms with Gasteiger partial charge in [-0.15, -0.1) is 0 Å². The maximum absolute atomic E-state index is 13.2. The van der Waals surface area contributed by atoms with Crippen LogP contribution in [0.25, 0.3) is 0 Å². The van der Waals surface area contributed by atoms with Crippen molar-refractivity contribution in [2.75, 3.05) is 47.9 Å². The molecule has 2 aromatic carbocycles. The van der Waals surface area contributed by atoms with Gasteiger partial charge in [0.1, 0.15) is 0 Å². The zero-order valence-electron chi connectivity index (χ0n) is 17.9. The van der Waals surface area contributed by atoms with Gasteiger partial charge in [0.05, 0.1) is 17.5 Å². The molecule has 3 heterocycles. The van der Waals surface area contributed by atoms with E-state index in [0.717, 1.165) is 29.5 Å². The Bertz CT molecular complexity index is 1160. The van der Waals surface area contributed by atoms with E-state index in [4.69, 9.17) is 0 Å². The number of rotatable bonds is 3. The molecule has 0 aromatic heterocycles. The number of thioether (sulfide) groups is 1. The molecule has 2 aromatic rings. The third-order valence-corrected chi connectivity index (χ3v) is 9.37. The monoisotopic (exact) mass is 470 g/mol. The molecule has 5 rings (SSSR count). The zero-order valence-corrected chi connectivity index (χ0v) is 19.5. The van der Waals surface area contributed by atoms with Gasteiger partial charge in [-0.3, -0.25) is 9.79 Å². The van der Waals surface area contributed by atoms with Gasteiger partial charge in [0.2, 0.25) is 0 Å². The van der Waals surface area contributed by atoms with Gasteiger partial charge >= 0.3 is 0 Å². The highest BCUT2D eigenvalue weighted by atomic mass is 32.2. The number of nitrogens with zero attached hydrogens (tertiary/aromatic N) is 3. The van der Waals surface area contributed by atoms with E-state index in [9.17, 15) is 13.2 Å².